The molecule has 0 amide bonds. The predicted octanol–water partition coefficient (Wildman–Crippen LogP) is 7.04. The van der Waals surface area contributed by atoms with E-state index in [0.29, 0.717) is 0 Å². The maximum atomic E-state index is 11.8. The Kier molecular flexibility index (Phi) is 3.90. The van der Waals surface area contributed by atoms with E-state index in [2.05, 4.69) is 72.1 Å². The zero-order valence-electron chi connectivity index (χ0n) is 17.2. The first-order valence-corrected chi connectivity index (χ1v) is 10.7. The van der Waals surface area contributed by atoms with Crippen molar-refractivity contribution < 1.29 is 4.92 Å². The molecule has 0 aromatic heterocycles. The molecule has 4 heteroatoms. The number of rotatable bonds is 2. The van der Waals surface area contributed by atoms with Gasteiger partial charge in [0.1, 0.15) is 0 Å². The van der Waals surface area contributed by atoms with Gasteiger partial charge in [0.25, 0.3) is 5.69 Å². The number of anilines is 1. The van der Waals surface area contributed by atoms with Gasteiger partial charge in [0.05, 0.1) is 16.5 Å². The van der Waals surface area contributed by atoms with Crippen molar-refractivity contribution in [3.63, 3.8) is 0 Å². The molecule has 0 saturated carbocycles. The lowest BCUT2D eigenvalue weighted by molar-refractivity contribution is -0.385. The average molecular weight is 406 g/mol. The molecule has 152 valence electrons. The van der Waals surface area contributed by atoms with Crippen LogP contribution in [-0.4, -0.2) is 4.92 Å². The minimum absolute atomic E-state index is 0.0410. The highest BCUT2D eigenvalue weighted by atomic mass is 16.6. The molecule has 0 radical (unpaired) electrons. The van der Waals surface area contributed by atoms with E-state index in [1.807, 2.05) is 13.0 Å². The molecule has 4 aromatic rings. The Morgan fingerprint density at radius 1 is 0.935 bits per heavy atom. The van der Waals surface area contributed by atoms with Crippen molar-refractivity contribution >= 4 is 32.9 Å². The van der Waals surface area contributed by atoms with Crippen LogP contribution in [0, 0.1) is 23.0 Å². The largest absolute Gasteiger partial charge is 0.377 e. The Hall–Kier alpha value is -3.66. The van der Waals surface area contributed by atoms with E-state index in [-0.39, 0.29) is 28.5 Å². The summed E-state index contributed by atoms with van der Waals surface area (Å²) < 4.78 is 0. The predicted molar refractivity (Wildman–Crippen MR) is 126 cm³/mol. The molecule has 0 fully saturated rings. The van der Waals surface area contributed by atoms with Gasteiger partial charge in [-0.15, -0.1) is 0 Å². The molecule has 1 aliphatic heterocycles. The molecule has 31 heavy (non-hydrogen) atoms. The summed E-state index contributed by atoms with van der Waals surface area (Å²) >= 11 is 0. The van der Waals surface area contributed by atoms with E-state index in [4.69, 9.17) is 0 Å². The highest BCUT2D eigenvalue weighted by Crippen LogP contribution is 2.54. The smallest absolute Gasteiger partial charge is 0.275 e. The Labute approximate surface area is 180 Å². The molecule has 1 heterocycles. The number of hydrogen-bond donors (Lipinski definition) is 1. The Bertz CT molecular complexity index is 1350. The third-order valence-electron chi connectivity index (χ3n) is 7.03. The molecule has 0 bridgehead atoms. The lowest BCUT2D eigenvalue weighted by Crippen LogP contribution is -2.30. The number of hydrogen-bond acceptors (Lipinski definition) is 3. The Morgan fingerprint density at radius 3 is 2.29 bits per heavy atom. The van der Waals surface area contributed by atoms with E-state index in [0.717, 1.165) is 23.2 Å². The molecule has 1 aliphatic carbocycles. The number of allylic oxidation sites excluding steroid dienone is 2. The van der Waals surface area contributed by atoms with Gasteiger partial charge in [-0.25, -0.2) is 0 Å². The Morgan fingerprint density at radius 2 is 1.61 bits per heavy atom. The lowest BCUT2D eigenvalue weighted by atomic mass is 9.74. The van der Waals surface area contributed by atoms with Crippen LogP contribution in [0.4, 0.5) is 11.4 Å². The van der Waals surface area contributed by atoms with Gasteiger partial charge >= 0.3 is 0 Å². The van der Waals surface area contributed by atoms with Crippen LogP contribution in [0.15, 0.2) is 78.9 Å². The first kappa shape index (κ1) is 18.1. The summed E-state index contributed by atoms with van der Waals surface area (Å²) in [6.07, 6.45) is 5.28. The van der Waals surface area contributed by atoms with Gasteiger partial charge in [-0.05, 0) is 58.0 Å². The van der Waals surface area contributed by atoms with E-state index in [9.17, 15) is 10.1 Å². The highest BCUT2D eigenvalue weighted by molar-refractivity contribution is 6.03. The van der Waals surface area contributed by atoms with Crippen LogP contribution in [-0.2, 0) is 0 Å². The van der Waals surface area contributed by atoms with Crippen molar-refractivity contribution in [2.45, 2.75) is 25.3 Å². The average Bonchev–Trinajstić information content (AvgIpc) is 3.27. The van der Waals surface area contributed by atoms with Crippen LogP contribution in [0.1, 0.15) is 35.1 Å². The van der Waals surface area contributed by atoms with Crippen LogP contribution < -0.4 is 5.32 Å². The minimum atomic E-state index is -0.239. The van der Waals surface area contributed by atoms with Crippen LogP contribution in [0.2, 0.25) is 0 Å². The number of benzene rings is 4. The summed E-state index contributed by atoms with van der Waals surface area (Å²) in [5.41, 5.74) is 4.32. The summed E-state index contributed by atoms with van der Waals surface area (Å²) in [6.45, 7) is 2.03. The molecule has 1 N–H and O–H groups in total. The van der Waals surface area contributed by atoms with Crippen LogP contribution in [0.5, 0.6) is 0 Å². The molecule has 4 nitrogen and oxygen atoms in total. The number of nitrogens with one attached hydrogen (secondary N) is 1. The first-order chi connectivity index (χ1) is 15.1. The van der Waals surface area contributed by atoms with E-state index in [1.165, 1.54) is 27.1 Å². The van der Waals surface area contributed by atoms with Gasteiger partial charge in [0, 0.05) is 17.7 Å². The second-order valence-electron chi connectivity index (χ2n) is 8.66. The van der Waals surface area contributed by atoms with E-state index < -0.39 is 0 Å². The van der Waals surface area contributed by atoms with Gasteiger partial charge in [0.15, 0.2) is 0 Å². The van der Waals surface area contributed by atoms with E-state index in [1.54, 1.807) is 6.07 Å². The fourth-order valence-corrected chi connectivity index (χ4v) is 5.66. The summed E-state index contributed by atoms with van der Waals surface area (Å²) in [5.74, 6) is 0.279. The van der Waals surface area contributed by atoms with Crippen molar-refractivity contribution in [2.24, 2.45) is 5.92 Å². The zero-order valence-corrected chi connectivity index (χ0v) is 17.2. The SMILES string of the molecule is Cc1ccc([N+](=O)[O-])c2c1N[C@H](c1c3ccccc3cc3ccccc13)C1CC=CC21. The quantitative estimate of drug-likeness (QED) is 0.168. The van der Waals surface area contributed by atoms with Gasteiger partial charge in [0.2, 0.25) is 0 Å². The molecule has 0 saturated heterocycles. The number of nitrogens with zero attached hydrogens (tertiary/aromatic N) is 1. The van der Waals surface area contributed by atoms with Crippen molar-refractivity contribution in [3.05, 3.63) is 106 Å². The molecule has 0 spiro atoms. The lowest BCUT2D eigenvalue weighted by Gasteiger charge is -2.39. The fourth-order valence-electron chi connectivity index (χ4n) is 5.66. The molecular formula is C27H22N2O2. The van der Waals surface area contributed by atoms with Crippen molar-refractivity contribution in [1.82, 2.24) is 0 Å². The van der Waals surface area contributed by atoms with Crippen LogP contribution >= 0.6 is 0 Å². The van der Waals surface area contributed by atoms with E-state index >= 15 is 0 Å². The number of nitro groups is 1. The summed E-state index contributed by atoms with van der Waals surface area (Å²) in [5, 5.41) is 20.6. The Balaban J connectivity index is 1.65. The monoisotopic (exact) mass is 406 g/mol. The molecule has 2 aliphatic rings. The topological polar surface area (TPSA) is 55.2 Å². The van der Waals surface area contributed by atoms with Gasteiger partial charge in [-0.2, -0.15) is 0 Å². The second-order valence-corrected chi connectivity index (χ2v) is 8.66. The van der Waals surface area contributed by atoms with Crippen molar-refractivity contribution in [1.29, 1.82) is 0 Å². The third kappa shape index (κ3) is 2.61. The van der Waals surface area contributed by atoms with Crippen LogP contribution in [0.3, 0.4) is 0 Å². The van der Waals surface area contributed by atoms with Crippen molar-refractivity contribution in [3.8, 4) is 0 Å². The molecule has 2 unspecified atom stereocenters. The summed E-state index contributed by atoms with van der Waals surface area (Å²) in [7, 11) is 0. The minimum Gasteiger partial charge on any atom is -0.377 e. The maximum absolute atomic E-state index is 11.8. The number of aryl methyl sites for hydroxylation is 1. The highest BCUT2D eigenvalue weighted by Gasteiger charge is 2.43. The zero-order chi connectivity index (χ0) is 21.1. The number of nitro benzene ring substituents is 1. The summed E-state index contributed by atoms with van der Waals surface area (Å²) in [6, 6.07) is 22.9. The third-order valence-corrected chi connectivity index (χ3v) is 7.03. The normalized spacial score (nSPS) is 21.6. The fraction of sp³-hybridized carbons (Fsp3) is 0.185. The second kappa shape index (κ2) is 6.67. The van der Waals surface area contributed by atoms with Crippen molar-refractivity contribution in [2.75, 3.05) is 5.32 Å². The number of fused-ring (bicyclic) bond motifs is 5. The van der Waals surface area contributed by atoms with Gasteiger partial charge in [-0.3, -0.25) is 10.1 Å². The van der Waals surface area contributed by atoms with Gasteiger partial charge in [-0.1, -0.05) is 66.7 Å². The standard InChI is InChI=1S/C27H22N2O2/c1-16-13-14-23(29(30)31)25-21-11-6-12-22(21)27(28-26(16)25)24-19-9-4-2-7-17(19)15-18-8-3-5-10-20(18)24/h2-11,13-15,21-22,27-28H,12H2,1H3/t21?,22?,27-/m0/s1. The van der Waals surface area contributed by atoms with Gasteiger partial charge < -0.3 is 5.32 Å². The van der Waals surface area contributed by atoms with Crippen LogP contribution in [0.25, 0.3) is 21.5 Å². The first-order valence-electron chi connectivity index (χ1n) is 10.7. The maximum Gasteiger partial charge on any atom is 0.275 e. The molecular weight excluding hydrogens is 384 g/mol. The summed E-state index contributed by atoms with van der Waals surface area (Å²) in [4.78, 5) is 11.6. The molecule has 6 rings (SSSR count). The molecule has 3 atom stereocenters. The molecule has 4 aromatic carbocycles.